The van der Waals surface area contributed by atoms with Crippen molar-refractivity contribution >= 4 is 16.8 Å². The number of nitrogens with zero attached hydrogens (tertiary/aromatic N) is 1. The van der Waals surface area contributed by atoms with Crippen molar-refractivity contribution < 1.29 is 9.13 Å². The summed E-state index contributed by atoms with van der Waals surface area (Å²) in [6, 6.07) is 4.40. The normalized spacial score (nSPS) is 11.6. The third kappa shape index (κ3) is 2.26. The van der Waals surface area contributed by atoms with Crippen LogP contribution in [0.3, 0.4) is 0 Å². The smallest absolute Gasteiger partial charge is 0.128 e. The fourth-order valence-electron chi connectivity index (χ4n) is 1.17. The molecule has 0 unspecified atom stereocenters. The Kier molecular flexibility index (Phi) is 3.95. The van der Waals surface area contributed by atoms with Crippen molar-refractivity contribution in [2.45, 2.75) is 0 Å². The van der Waals surface area contributed by atoms with Crippen LogP contribution < -0.4 is 4.74 Å². The fourth-order valence-corrected chi connectivity index (χ4v) is 1.73. The molecule has 0 saturated carbocycles. The van der Waals surface area contributed by atoms with Gasteiger partial charge in [0.1, 0.15) is 16.6 Å². The molecule has 0 amide bonds. The van der Waals surface area contributed by atoms with Gasteiger partial charge in [-0.05, 0) is 24.5 Å². The molecule has 2 nitrogen and oxygen atoms in total. The van der Waals surface area contributed by atoms with Gasteiger partial charge in [0.05, 0.1) is 12.7 Å². The summed E-state index contributed by atoms with van der Waals surface area (Å²) in [6.45, 7) is 0. The molecule has 0 fully saturated rings. The zero-order chi connectivity index (χ0) is 10.6. The first-order chi connectivity index (χ1) is 6.72. The van der Waals surface area contributed by atoms with E-state index in [1.165, 1.54) is 23.9 Å². The Morgan fingerprint density at radius 1 is 1.50 bits per heavy atom. The minimum atomic E-state index is -0.281. The quantitative estimate of drug-likeness (QED) is 0.556. The number of aliphatic imine (C=N–C) groups is 1. The van der Waals surface area contributed by atoms with Crippen molar-refractivity contribution in [2.24, 2.45) is 4.99 Å². The van der Waals surface area contributed by atoms with E-state index in [4.69, 9.17) is 4.74 Å². The molecule has 0 aliphatic heterocycles. The standard InChI is InChI=1S/C10H12FNOS/c1-12-10(14-3)8-6-7(11)4-5-9(8)13-2/h4-6H,1-3H3. The van der Waals surface area contributed by atoms with Gasteiger partial charge >= 0.3 is 0 Å². The van der Waals surface area contributed by atoms with Crippen LogP contribution in [0.5, 0.6) is 5.75 Å². The number of hydrogen-bond donors (Lipinski definition) is 0. The lowest BCUT2D eigenvalue weighted by Crippen LogP contribution is -1.99. The van der Waals surface area contributed by atoms with Gasteiger partial charge in [0.15, 0.2) is 0 Å². The van der Waals surface area contributed by atoms with Crippen LogP contribution in [0.4, 0.5) is 4.39 Å². The summed E-state index contributed by atoms with van der Waals surface area (Å²) in [5, 5.41) is 0.765. The first kappa shape index (κ1) is 11.0. The average molecular weight is 213 g/mol. The maximum atomic E-state index is 13.0. The molecule has 0 atom stereocenters. The van der Waals surface area contributed by atoms with Crippen LogP contribution in [0.2, 0.25) is 0 Å². The molecular formula is C10H12FNOS. The van der Waals surface area contributed by atoms with Gasteiger partial charge in [-0.3, -0.25) is 4.99 Å². The van der Waals surface area contributed by atoms with E-state index in [1.807, 2.05) is 6.26 Å². The number of methoxy groups -OCH3 is 1. The summed E-state index contributed by atoms with van der Waals surface area (Å²) in [5.74, 6) is 0.359. The van der Waals surface area contributed by atoms with Gasteiger partial charge in [-0.25, -0.2) is 4.39 Å². The first-order valence-electron chi connectivity index (χ1n) is 4.07. The van der Waals surface area contributed by atoms with Crippen molar-refractivity contribution in [3.05, 3.63) is 29.6 Å². The molecule has 1 aromatic rings. The number of ether oxygens (including phenoxy) is 1. The summed E-state index contributed by atoms with van der Waals surface area (Å²) in [7, 11) is 3.24. The molecule has 0 aliphatic carbocycles. The summed E-state index contributed by atoms with van der Waals surface area (Å²) < 4.78 is 18.1. The minimum absolute atomic E-state index is 0.281. The van der Waals surface area contributed by atoms with E-state index in [1.54, 1.807) is 20.2 Å². The highest BCUT2D eigenvalue weighted by Gasteiger charge is 2.09. The second-order valence-electron chi connectivity index (χ2n) is 2.58. The second kappa shape index (κ2) is 5.00. The van der Waals surface area contributed by atoms with Crippen molar-refractivity contribution in [2.75, 3.05) is 20.4 Å². The van der Waals surface area contributed by atoms with Crippen LogP contribution in [-0.2, 0) is 0 Å². The lowest BCUT2D eigenvalue weighted by molar-refractivity contribution is 0.413. The maximum absolute atomic E-state index is 13.0. The summed E-state index contributed by atoms with van der Waals surface area (Å²) in [6.07, 6.45) is 1.90. The number of hydrogen-bond acceptors (Lipinski definition) is 3. The Bertz CT molecular complexity index is 352. The minimum Gasteiger partial charge on any atom is -0.496 e. The van der Waals surface area contributed by atoms with E-state index in [0.717, 1.165) is 5.04 Å². The van der Waals surface area contributed by atoms with E-state index in [2.05, 4.69) is 4.99 Å². The molecule has 1 rings (SSSR count). The molecule has 0 saturated heterocycles. The van der Waals surface area contributed by atoms with Crippen molar-refractivity contribution in [1.29, 1.82) is 0 Å². The topological polar surface area (TPSA) is 21.6 Å². The van der Waals surface area contributed by atoms with Crippen molar-refractivity contribution in [3.8, 4) is 5.75 Å². The van der Waals surface area contributed by atoms with Crippen LogP contribution in [0, 0.1) is 5.82 Å². The van der Waals surface area contributed by atoms with Crippen LogP contribution >= 0.6 is 11.8 Å². The molecule has 0 aliphatic rings. The van der Waals surface area contributed by atoms with Gasteiger partial charge in [0.25, 0.3) is 0 Å². The van der Waals surface area contributed by atoms with Gasteiger partial charge < -0.3 is 4.74 Å². The average Bonchev–Trinajstić information content (AvgIpc) is 2.20. The Hall–Kier alpha value is -1.03. The predicted molar refractivity (Wildman–Crippen MR) is 58.9 cm³/mol. The molecule has 0 radical (unpaired) electrons. The fraction of sp³-hybridized carbons (Fsp3) is 0.300. The van der Waals surface area contributed by atoms with E-state index in [-0.39, 0.29) is 5.82 Å². The summed E-state index contributed by atoms with van der Waals surface area (Å²) >= 11 is 1.46. The molecule has 4 heteroatoms. The van der Waals surface area contributed by atoms with Crippen LogP contribution in [0.15, 0.2) is 23.2 Å². The molecule has 0 spiro atoms. The SMILES string of the molecule is CN=C(SC)c1cc(F)ccc1OC. The molecule has 0 aromatic heterocycles. The maximum Gasteiger partial charge on any atom is 0.128 e. The zero-order valence-electron chi connectivity index (χ0n) is 8.37. The highest BCUT2D eigenvalue weighted by Crippen LogP contribution is 2.23. The molecule has 0 heterocycles. The first-order valence-corrected chi connectivity index (χ1v) is 5.30. The molecule has 76 valence electrons. The van der Waals surface area contributed by atoms with Crippen molar-refractivity contribution in [1.82, 2.24) is 0 Å². The molecule has 1 aromatic carbocycles. The number of thioether (sulfide) groups is 1. The number of rotatable bonds is 2. The van der Waals surface area contributed by atoms with Crippen molar-refractivity contribution in [3.63, 3.8) is 0 Å². The zero-order valence-corrected chi connectivity index (χ0v) is 9.19. The third-order valence-corrected chi connectivity index (χ3v) is 2.58. The Balaban J connectivity index is 3.22. The lowest BCUT2D eigenvalue weighted by Gasteiger charge is -2.08. The van der Waals surface area contributed by atoms with Gasteiger partial charge in [-0.1, -0.05) is 0 Å². The van der Waals surface area contributed by atoms with Gasteiger partial charge in [0, 0.05) is 7.05 Å². The lowest BCUT2D eigenvalue weighted by atomic mass is 10.2. The summed E-state index contributed by atoms with van der Waals surface area (Å²) in [4.78, 5) is 4.06. The number of halogens is 1. The van der Waals surface area contributed by atoms with Gasteiger partial charge in [0.2, 0.25) is 0 Å². The highest BCUT2D eigenvalue weighted by atomic mass is 32.2. The largest absolute Gasteiger partial charge is 0.496 e. The van der Waals surface area contributed by atoms with Crippen LogP contribution in [-0.4, -0.2) is 25.5 Å². The molecule has 0 N–H and O–H groups in total. The molecule has 0 bridgehead atoms. The van der Waals surface area contributed by atoms with E-state index < -0.39 is 0 Å². The summed E-state index contributed by atoms with van der Waals surface area (Å²) in [5.41, 5.74) is 0.697. The Labute approximate surface area is 87.2 Å². The Morgan fingerprint density at radius 2 is 2.21 bits per heavy atom. The van der Waals surface area contributed by atoms with Gasteiger partial charge in [-0.15, -0.1) is 11.8 Å². The highest BCUT2D eigenvalue weighted by molar-refractivity contribution is 8.13. The Morgan fingerprint density at radius 3 is 2.71 bits per heavy atom. The van der Waals surface area contributed by atoms with Gasteiger partial charge in [-0.2, -0.15) is 0 Å². The van der Waals surface area contributed by atoms with E-state index in [9.17, 15) is 4.39 Å². The predicted octanol–water partition coefficient (Wildman–Crippen LogP) is 2.57. The van der Waals surface area contributed by atoms with E-state index in [0.29, 0.717) is 11.3 Å². The molecule has 14 heavy (non-hydrogen) atoms. The van der Waals surface area contributed by atoms with E-state index >= 15 is 0 Å². The van der Waals surface area contributed by atoms with Crippen LogP contribution in [0.1, 0.15) is 5.56 Å². The number of benzene rings is 1. The molecular weight excluding hydrogens is 201 g/mol. The third-order valence-electron chi connectivity index (χ3n) is 1.79. The monoisotopic (exact) mass is 213 g/mol. The second-order valence-corrected chi connectivity index (χ2v) is 3.37. The van der Waals surface area contributed by atoms with Crippen LogP contribution in [0.25, 0.3) is 0 Å².